The quantitative estimate of drug-likeness (QED) is 0.787. The molecular formula is C12H14N4. The van der Waals surface area contributed by atoms with E-state index >= 15 is 0 Å². The molecule has 2 rings (SSSR count). The molecule has 0 fully saturated rings. The van der Waals surface area contributed by atoms with Gasteiger partial charge in [-0.2, -0.15) is 5.26 Å². The van der Waals surface area contributed by atoms with Crippen LogP contribution < -0.4 is 0 Å². The van der Waals surface area contributed by atoms with Crippen molar-refractivity contribution in [3.63, 3.8) is 0 Å². The molecule has 4 heteroatoms. The van der Waals surface area contributed by atoms with Crippen molar-refractivity contribution in [1.82, 2.24) is 14.6 Å². The fourth-order valence-electron chi connectivity index (χ4n) is 1.60. The van der Waals surface area contributed by atoms with Gasteiger partial charge in [0.1, 0.15) is 11.9 Å². The van der Waals surface area contributed by atoms with Gasteiger partial charge in [0, 0.05) is 12.6 Å². The van der Waals surface area contributed by atoms with E-state index in [0.717, 1.165) is 24.3 Å². The summed E-state index contributed by atoms with van der Waals surface area (Å²) in [7, 11) is 0. The average molecular weight is 214 g/mol. The van der Waals surface area contributed by atoms with Crippen LogP contribution in [0, 0.1) is 17.2 Å². The van der Waals surface area contributed by atoms with Gasteiger partial charge in [-0.15, -0.1) is 10.2 Å². The first-order valence-electron chi connectivity index (χ1n) is 5.48. The van der Waals surface area contributed by atoms with Crippen LogP contribution in [0.3, 0.4) is 0 Å². The lowest BCUT2D eigenvalue weighted by atomic mass is 10.1. The highest BCUT2D eigenvalue weighted by molar-refractivity contribution is 5.42. The van der Waals surface area contributed by atoms with Gasteiger partial charge in [-0.05, 0) is 18.1 Å². The molecule has 0 N–H and O–H groups in total. The summed E-state index contributed by atoms with van der Waals surface area (Å²) in [5.74, 6) is 1.51. The van der Waals surface area contributed by atoms with Gasteiger partial charge >= 0.3 is 0 Å². The molecule has 0 aliphatic heterocycles. The summed E-state index contributed by atoms with van der Waals surface area (Å²) < 4.78 is 1.91. The largest absolute Gasteiger partial charge is 0.285 e. The Balaban J connectivity index is 2.42. The van der Waals surface area contributed by atoms with E-state index < -0.39 is 0 Å². The van der Waals surface area contributed by atoms with E-state index in [1.165, 1.54) is 0 Å². The third kappa shape index (κ3) is 1.89. The SMILES string of the molecule is CCC(C)Cc1nnc2ccc(C#N)cn12. The van der Waals surface area contributed by atoms with Crippen molar-refractivity contribution in [2.24, 2.45) is 5.92 Å². The van der Waals surface area contributed by atoms with Gasteiger partial charge in [-0.25, -0.2) is 0 Å². The maximum atomic E-state index is 8.85. The van der Waals surface area contributed by atoms with E-state index in [9.17, 15) is 0 Å². The molecular weight excluding hydrogens is 200 g/mol. The topological polar surface area (TPSA) is 54.0 Å². The summed E-state index contributed by atoms with van der Waals surface area (Å²) in [5.41, 5.74) is 1.44. The summed E-state index contributed by atoms with van der Waals surface area (Å²) in [6.07, 6.45) is 3.81. The second kappa shape index (κ2) is 4.31. The van der Waals surface area contributed by atoms with E-state index in [0.29, 0.717) is 11.5 Å². The molecule has 0 amide bonds. The van der Waals surface area contributed by atoms with Crippen LogP contribution in [-0.4, -0.2) is 14.6 Å². The number of nitrogens with zero attached hydrogens (tertiary/aromatic N) is 4. The molecule has 0 bridgehead atoms. The number of fused-ring (bicyclic) bond motifs is 1. The first-order chi connectivity index (χ1) is 7.74. The monoisotopic (exact) mass is 214 g/mol. The molecule has 0 aromatic carbocycles. The second-order valence-electron chi connectivity index (χ2n) is 4.09. The Bertz CT molecular complexity index is 535. The summed E-state index contributed by atoms with van der Waals surface area (Å²) in [6, 6.07) is 5.71. The van der Waals surface area contributed by atoms with Gasteiger partial charge in [-0.3, -0.25) is 4.40 Å². The molecule has 0 aliphatic rings. The minimum absolute atomic E-state index is 0.582. The summed E-state index contributed by atoms with van der Waals surface area (Å²) >= 11 is 0. The van der Waals surface area contributed by atoms with Crippen LogP contribution in [0.25, 0.3) is 5.65 Å². The first-order valence-corrected chi connectivity index (χ1v) is 5.48. The third-order valence-electron chi connectivity index (χ3n) is 2.83. The van der Waals surface area contributed by atoms with Crippen LogP contribution in [0.2, 0.25) is 0 Å². The Morgan fingerprint density at radius 2 is 2.25 bits per heavy atom. The van der Waals surface area contributed by atoms with Crippen molar-refractivity contribution in [3.8, 4) is 6.07 Å². The highest BCUT2D eigenvalue weighted by atomic mass is 15.2. The minimum atomic E-state index is 0.582. The van der Waals surface area contributed by atoms with Crippen LogP contribution in [0.15, 0.2) is 18.3 Å². The predicted octanol–water partition coefficient (Wildman–Crippen LogP) is 2.19. The Kier molecular flexibility index (Phi) is 2.86. The zero-order chi connectivity index (χ0) is 11.5. The number of hydrogen-bond acceptors (Lipinski definition) is 3. The Morgan fingerprint density at radius 1 is 1.44 bits per heavy atom. The van der Waals surface area contributed by atoms with Crippen LogP contribution >= 0.6 is 0 Å². The molecule has 1 atom stereocenters. The van der Waals surface area contributed by atoms with Gasteiger partial charge in [0.2, 0.25) is 0 Å². The fourth-order valence-corrected chi connectivity index (χ4v) is 1.60. The lowest BCUT2D eigenvalue weighted by molar-refractivity contribution is 0.540. The molecule has 2 aromatic heterocycles. The first kappa shape index (κ1) is 10.6. The molecule has 0 aliphatic carbocycles. The van der Waals surface area contributed by atoms with Crippen LogP contribution in [0.4, 0.5) is 0 Å². The number of aromatic nitrogens is 3. The standard InChI is InChI=1S/C12H14N4/c1-3-9(2)6-12-15-14-11-5-4-10(7-13)8-16(11)12/h4-5,8-9H,3,6H2,1-2H3. The summed E-state index contributed by atoms with van der Waals surface area (Å²) in [6.45, 7) is 4.35. The lowest BCUT2D eigenvalue weighted by Crippen LogP contribution is -2.03. The highest BCUT2D eigenvalue weighted by Crippen LogP contribution is 2.12. The number of pyridine rings is 1. The van der Waals surface area contributed by atoms with Gasteiger partial charge in [0.05, 0.1) is 5.56 Å². The van der Waals surface area contributed by atoms with E-state index in [1.807, 2.05) is 10.5 Å². The summed E-state index contributed by atoms with van der Waals surface area (Å²) in [4.78, 5) is 0. The van der Waals surface area contributed by atoms with Crippen LogP contribution in [-0.2, 0) is 6.42 Å². The van der Waals surface area contributed by atoms with Gasteiger partial charge in [0.25, 0.3) is 0 Å². The van der Waals surface area contributed by atoms with Crippen molar-refractivity contribution in [2.45, 2.75) is 26.7 Å². The molecule has 2 aromatic rings. The number of nitriles is 1. The Morgan fingerprint density at radius 3 is 2.94 bits per heavy atom. The van der Waals surface area contributed by atoms with Crippen LogP contribution in [0.1, 0.15) is 31.7 Å². The van der Waals surface area contributed by atoms with Crippen molar-refractivity contribution in [1.29, 1.82) is 5.26 Å². The average Bonchev–Trinajstić information content (AvgIpc) is 2.71. The maximum absolute atomic E-state index is 8.85. The normalized spacial score (nSPS) is 12.6. The van der Waals surface area contributed by atoms with E-state index in [1.54, 1.807) is 12.3 Å². The molecule has 4 nitrogen and oxygen atoms in total. The second-order valence-corrected chi connectivity index (χ2v) is 4.09. The fraction of sp³-hybridized carbons (Fsp3) is 0.417. The zero-order valence-corrected chi connectivity index (χ0v) is 9.51. The van der Waals surface area contributed by atoms with Gasteiger partial charge < -0.3 is 0 Å². The Hall–Kier alpha value is -1.89. The maximum Gasteiger partial charge on any atom is 0.160 e. The minimum Gasteiger partial charge on any atom is -0.285 e. The molecule has 0 radical (unpaired) electrons. The molecule has 0 saturated heterocycles. The highest BCUT2D eigenvalue weighted by Gasteiger charge is 2.09. The van der Waals surface area contributed by atoms with E-state index in [2.05, 4.69) is 30.1 Å². The molecule has 16 heavy (non-hydrogen) atoms. The molecule has 82 valence electrons. The molecule has 1 unspecified atom stereocenters. The molecule has 2 heterocycles. The molecule has 0 saturated carbocycles. The van der Waals surface area contributed by atoms with Crippen LogP contribution in [0.5, 0.6) is 0 Å². The number of rotatable bonds is 3. The number of hydrogen-bond donors (Lipinski definition) is 0. The predicted molar refractivity (Wildman–Crippen MR) is 60.9 cm³/mol. The van der Waals surface area contributed by atoms with Gasteiger partial charge in [-0.1, -0.05) is 20.3 Å². The van der Waals surface area contributed by atoms with Crippen molar-refractivity contribution >= 4 is 5.65 Å². The Labute approximate surface area is 94.5 Å². The summed E-state index contributed by atoms with van der Waals surface area (Å²) in [5, 5.41) is 17.1. The van der Waals surface area contributed by atoms with Crippen molar-refractivity contribution in [3.05, 3.63) is 29.7 Å². The lowest BCUT2D eigenvalue weighted by Gasteiger charge is -2.06. The van der Waals surface area contributed by atoms with E-state index in [-0.39, 0.29) is 0 Å². The van der Waals surface area contributed by atoms with E-state index in [4.69, 9.17) is 5.26 Å². The third-order valence-corrected chi connectivity index (χ3v) is 2.83. The van der Waals surface area contributed by atoms with Gasteiger partial charge in [0.15, 0.2) is 5.65 Å². The smallest absolute Gasteiger partial charge is 0.160 e. The molecule has 0 spiro atoms. The zero-order valence-electron chi connectivity index (χ0n) is 9.51. The van der Waals surface area contributed by atoms with Crippen molar-refractivity contribution < 1.29 is 0 Å². The van der Waals surface area contributed by atoms with Crippen molar-refractivity contribution in [2.75, 3.05) is 0 Å².